The first-order valence-electron chi connectivity index (χ1n) is 7.04. The van der Waals surface area contributed by atoms with E-state index < -0.39 is 23.7 Å². The first kappa shape index (κ1) is 14.8. The van der Waals surface area contributed by atoms with Gasteiger partial charge in [0.25, 0.3) is 5.91 Å². The number of allylic oxidation sites excluding steroid dienone is 2. The van der Waals surface area contributed by atoms with Crippen LogP contribution < -0.4 is 10.9 Å². The summed E-state index contributed by atoms with van der Waals surface area (Å²) < 4.78 is 0. The molecule has 7 heteroatoms. The standard InChI is InChI=1S/C15H16N2O4S/c1-7-4-5-22-12(7)14(19)17-16-13(18)10-8-2-3-9(6-8)11(10)15(20)21/h2-5,8-11H,6H2,1H3,(H,16,18)(H,17,19)(H,20,21)/t8-,9-,10-,11-/m0/s1. The Kier molecular flexibility index (Phi) is 3.74. The van der Waals surface area contributed by atoms with Crippen LogP contribution >= 0.6 is 11.3 Å². The number of fused-ring (bicyclic) bond motifs is 2. The molecule has 4 atom stereocenters. The minimum Gasteiger partial charge on any atom is -0.481 e. The number of rotatable bonds is 3. The van der Waals surface area contributed by atoms with Crippen LogP contribution in [0.4, 0.5) is 0 Å². The first-order valence-corrected chi connectivity index (χ1v) is 7.92. The third-order valence-electron chi connectivity index (χ3n) is 4.41. The van der Waals surface area contributed by atoms with E-state index in [0.29, 0.717) is 11.3 Å². The minimum absolute atomic E-state index is 0.0634. The molecule has 1 heterocycles. The van der Waals surface area contributed by atoms with Crippen molar-refractivity contribution in [1.29, 1.82) is 0 Å². The van der Waals surface area contributed by atoms with Crippen LogP contribution in [0.3, 0.4) is 0 Å². The smallest absolute Gasteiger partial charge is 0.307 e. The van der Waals surface area contributed by atoms with Gasteiger partial charge in [-0.3, -0.25) is 25.2 Å². The topological polar surface area (TPSA) is 95.5 Å². The fourth-order valence-electron chi connectivity index (χ4n) is 3.38. The summed E-state index contributed by atoms with van der Waals surface area (Å²) in [6.07, 6.45) is 4.47. The number of carbonyl (C=O) groups is 3. The number of carboxylic acid groups (broad SMARTS) is 1. The number of nitrogens with one attached hydrogen (secondary N) is 2. The Morgan fingerprint density at radius 2 is 1.86 bits per heavy atom. The van der Waals surface area contributed by atoms with Gasteiger partial charge in [0.15, 0.2) is 0 Å². The second-order valence-corrected chi connectivity index (χ2v) is 6.63. The Balaban J connectivity index is 1.65. The van der Waals surface area contributed by atoms with E-state index in [1.165, 1.54) is 11.3 Å². The molecular weight excluding hydrogens is 304 g/mol. The van der Waals surface area contributed by atoms with Gasteiger partial charge in [0, 0.05) is 0 Å². The van der Waals surface area contributed by atoms with Crippen molar-refractivity contribution in [3.05, 3.63) is 34.0 Å². The zero-order chi connectivity index (χ0) is 15.9. The molecule has 1 aromatic rings. The van der Waals surface area contributed by atoms with Gasteiger partial charge in [-0.2, -0.15) is 0 Å². The summed E-state index contributed by atoms with van der Waals surface area (Å²) in [5.74, 6) is -3.27. The molecule has 0 saturated heterocycles. The van der Waals surface area contributed by atoms with E-state index in [2.05, 4.69) is 10.9 Å². The average Bonchev–Trinajstić information content (AvgIpc) is 3.18. The number of amides is 2. The zero-order valence-electron chi connectivity index (χ0n) is 11.9. The van der Waals surface area contributed by atoms with Gasteiger partial charge in [-0.05, 0) is 42.2 Å². The number of thiophene rings is 1. The van der Waals surface area contributed by atoms with Crippen molar-refractivity contribution < 1.29 is 19.5 Å². The van der Waals surface area contributed by atoms with E-state index in [1.54, 1.807) is 5.38 Å². The number of hydrogen-bond acceptors (Lipinski definition) is 4. The van der Waals surface area contributed by atoms with Crippen LogP contribution in [0.15, 0.2) is 23.6 Å². The molecule has 1 aromatic heterocycles. The van der Waals surface area contributed by atoms with E-state index >= 15 is 0 Å². The lowest BCUT2D eigenvalue weighted by atomic mass is 9.82. The maximum atomic E-state index is 12.3. The van der Waals surface area contributed by atoms with Crippen molar-refractivity contribution in [3.8, 4) is 0 Å². The summed E-state index contributed by atoms with van der Waals surface area (Å²) in [4.78, 5) is 36.2. The number of hydrogen-bond donors (Lipinski definition) is 3. The Morgan fingerprint density at radius 1 is 1.18 bits per heavy atom. The monoisotopic (exact) mass is 320 g/mol. The molecule has 1 saturated carbocycles. The van der Waals surface area contributed by atoms with Gasteiger partial charge >= 0.3 is 5.97 Å². The summed E-state index contributed by atoms with van der Waals surface area (Å²) in [6, 6.07) is 1.82. The van der Waals surface area contributed by atoms with Crippen molar-refractivity contribution in [2.45, 2.75) is 13.3 Å². The summed E-state index contributed by atoms with van der Waals surface area (Å²) in [6.45, 7) is 1.81. The summed E-state index contributed by atoms with van der Waals surface area (Å²) >= 11 is 1.29. The molecule has 6 nitrogen and oxygen atoms in total. The van der Waals surface area contributed by atoms with Crippen molar-refractivity contribution in [2.75, 3.05) is 0 Å². The Hall–Kier alpha value is -2.15. The normalized spacial score (nSPS) is 28.6. The summed E-state index contributed by atoms with van der Waals surface area (Å²) in [5.41, 5.74) is 5.59. The molecule has 0 spiro atoms. The largest absolute Gasteiger partial charge is 0.481 e. The van der Waals surface area contributed by atoms with Gasteiger partial charge in [0.2, 0.25) is 5.91 Å². The van der Waals surface area contributed by atoms with Crippen molar-refractivity contribution in [1.82, 2.24) is 10.9 Å². The maximum Gasteiger partial charge on any atom is 0.307 e. The number of carbonyl (C=O) groups excluding carboxylic acids is 2. The van der Waals surface area contributed by atoms with Gasteiger partial charge in [-0.1, -0.05) is 12.2 Å². The van der Waals surface area contributed by atoms with Gasteiger partial charge in [-0.25, -0.2) is 0 Å². The van der Waals surface area contributed by atoms with Crippen molar-refractivity contribution in [2.24, 2.45) is 23.7 Å². The summed E-state index contributed by atoms with van der Waals surface area (Å²) in [5, 5.41) is 11.1. The lowest BCUT2D eigenvalue weighted by Crippen LogP contribution is -2.48. The molecule has 0 unspecified atom stereocenters. The highest BCUT2D eigenvalue weighted by atomic mass is 32.1. The quantitative estimate of drug-likeness (QED) is 0.578. The van der Waals surface area contributed by atoms with Crippen LogP contribution in [-0.2, 0) is 9.59 Å². The van der Waals surface area contributed by atoms with Crippen LogP contribution in [0.25, 0.3) is 0 Å². The number of aliphatic carboxylic acids is 1. The van der Waals surface area contributed by atoms with Gasteiger partial charge < -0.3 is 5.11 Å². The second kappa shape index (κ2) is 5.57. The molecule has 3 N–H and O–H groups in total. The van der Waals surface area contributed by atoms with Gasteiger partial charge in [0.1, 0.15) is 0 Å². The Morgan fingerprint density at radius 3 is 2.45 bits per heavy atom. The highest BCUT2D eigenvalue weighted by Crippen LogP contribution is 2.48. The predicted molar refractivity (Wildman–Crippen MR) is 80.0 cm³/mol. The van der Waals surface area contributed by atoms with E-state index in [4.69, 9.17) is 0 Å². The van der Waals surface area contributed by atoms with E-state index in [-0.39, 0.29) is 17.7 Å². The van der Waals surface area contributed by atoms with E-state index in [0.717, 1.165) is 5.56 Å². The summed E-state index contributed by atoms with van der Waals surface area (Å²) in [7, 11) is 0. The molecule has 2 bridgehead atoms. The van der Waals surface area contributed by atoms with E-state index in [9.17, 15) is 19.5 Å². The minimum atomic E-state index is -0.961. The van der Waals surface area contributed by atoms with Gasteiger partial charge in [0.05, 0.1) is 16.7 Å². The Labute approximate surface area is 131 Å². The molecule has 2 aliphatic rings. The second-order valence-electron chi connectivity index (χ2n) is 5.71. The van der Waals surface area contributed by atoms with Crippen LogP contribution in [-0.4, -0.2) is 22.9 Å². The predicted octanol–water partition coefficient (Wildman–Crippen LogP) is 1.34. The van der Waals surface area contributed by atoms with Crippen LogP contribution in [0.5, 0.6) is 0 Å². The molecule has 0 aliphatic heterocycles. The molecule has 0 radical (unpaired) electrons. The van der Waals surface area contributed by atoms with Crippen molar-refractivity contribution >= 4 is 29.1 Å². The molecule has 22 heavy (non-hydrogen) atoms. The molecule has 2 amide bonds. The fraction of sp³-hybridized carbons (Fsp3) is 0.400. The molecule has 0 aromatic carbocycles. The SMILES string of the molecule is Cc1ccsc1C(=O)NNC(=O)[C@@H]1[C@@H](C(=O)O)[C@H]2C=C[C@H]1C2. The van der Waals surface area contributed by atoms with Crippen LogP contribution in [0.1, 0.15) is 21.7 Å². The molecule has 3 rings (SSSR count). The van der Waals surface area contributed by atoms with Gasteiger partial charge in [-0.15, -0.1) is 11.3 Å². The number of aryl methyl sites for hydroxylation is 1. The third kappa shape index (κ3) is 2.41. The van der Waals surface area contributed by atoms with Crippen LogP contribution in [0, 0.1) is 30.6 Å². The zero-order valence-corrected chi connectivity index (χ0v) is 12.7. The fourth-order valence-corrected chi connectivity index (χ4v) is 4.20. The van der Waals surface area contributed by atoms with Crippen molar-refractivity contribution in [3.63, 3.8) is 0 Å². The maximum absolute atomic E-state index is 12.3. The first-order chi connectivity index (χ1) is 10.5. The lowest BCUT2D eigenvalue weighted by Gasteiger charge is -2.23. The highest BCUT2D eigenvalue weighted by molar-refractivity contribution is 7.12. The third-order valence-corrected chi connectivity index (χ3v) is 5.43. The molecular formula is C15H16N2O4S. The molecule has 2 aliphatic carbocycles. The molecule has 116 valence electrons. The number of hydrazine groups is 1. The highest BCUT2D eigenvalue weighted by Gasteiger charge is 2.51. The van der Waals surface area contributed by atoms with E-state index in [1.807, 2.05) is 25.1 Å². The average molecular weight is 320 g/mol. The number of carboxylic acids is 1. The van der Waals surface area contributed by atoms with Crippen LogP contribution in [0.2, 0.25) is 0 Å². The lowest BCUT2D eigenvalue weighted by molar-refractivity contribution is -0.148. The molecule has 1 fully saturated rings. The Bertz CT molecular complexity index is 666.